The zero-order valence-electron chi connectivity index (χ0n) is 12.8. The van der Waals surface area contributed by atoms with Crippen molar-refractivity contribution in [1.29, 1.82) is 0 Å². The second-order valence-electron chi connectivity index (χ2n) is 4.93. The molecule has 3 aromatic rings. The van der Waals surface area contributed by atoms with Crippen molar-refractivity contribution in [3.63, 3.8) is 0 Å². The van der Waals surface area contributed by atoms with E-state index in [1.54, 1.807) is 36.3 Å². The van der Waals surface area contributed by atoms with Gasteiger partial charge in [-0.3, -0.25) is 9.48 Å². The van der Waals surface area contributed by atoms with Crippen LogP contribution in [0.15, 0.2) is 46.1 Å². The molecule has 2 heterocycles. The van der Waals surface area contributed by atoms with Gasteiger partial charge in [0.15, 0.2) is 0 Å². The topological polar surface area (TPSA) is 85.8 Å². The summed E-state index contributed by atoms with van der Waals surface area (Å²) in [5.74, 6) is 0.479. The number of nitrogens with one attached hydrogen (secondary N) is 1. The van der Waals surface area contributed by atoms with Crippen LogP contribution in [0.25, 0.3) is 11.4 Å². The number of amides is 1. The average molecular weight is 347 g/mol. The van der Waals surface area contributed by atoms with Crippen molar-refractivity contribution in [3.05, 3.63) is 48.4 Å². The maximum absolute atomic E-state index is 12.8. The molecular weight excluding hydrogens is 333 g/mol. The summed E-state index contributed by atoms with van der Waals surface area (Å²) < 4.78 is 19.5. The standard InChI is InChI=1S/C15H14FN5O2S/c1-21-8-10(6-18-21)15-19-14(23-20-15)7-17-13(22)9-24-12-4-2-11(16)3-5-12/h2-6,8H,7,9H2,1H3,(H,17,22). The number of carbonyl (C=O) groups excluding carboxylic acids is 1. The third-order valence-corrected chi connectivity index (χ3v) is 4.06. The van der Waals surface area contributed by atoms with Crippen LogP contribution in [0.2, 0.25) is 0 Å². The minimum atomic E-state index is -0.301. The highest BCUT2D eigenvalue weighted by Crippen LogP contribution is 2.18. The molecule has 2 aromatic heterocycles. The van der Waals surface area contributed by atoms with Crippen molar-refractivity contribution in [1.82, 2.24) is 25.2 Å². The Labute approximate surface area is 141 Å². The van der Waals surface area contributed by atoms with Crippen LogP contribution in [0.3, 0.4) is 0 Å². The Morgan fingerprint density at radius 2 is 2.17 bits per heavy atom. The van der Waals surface area contributed by atoms with E-state index in [4.69, 9.17) is 4.52 Å². The first-order valence-corrected chi connectivity index (χ1v) is 8.05. The summed E-state index contributed by atoms with van der Waals surface area (Å²) in [5.41, 5.74) is 0.741. The summed E-state index contributed by atoms with van der Waals surface area (Å²) in [4.78, 5) is 16.8. The Balaban J connectivity index is 1.48. The van der Waals surface area contributed by atoms with Crippen LogP contribution in [0, 0.1) is 5.82 Å². The molecule has 7 nitrogen and oxygen atoms in total. The van der Waals surface area contributed by atoms with Gasteiger partial charge in [0.2, 0.25) is 17.6 Å². The monoisotopic (exact) mass is 347 g/mol. The van der Waals surface area contributed by atoms with E-state index in [0.717, 1.165) is 10.5 Å². The fourth-order valence-corrected chi connectivity index (χ4v) is 2.61. The normalized spacial score (nSPS) is 10.8. The number of aromatic nitrogens is 4. The largest absolute Gasteiger partial charge is 0.346 e. The molecule has 0 unspecified atom stereocenters. The van der Waals surface area contributed by atoms with Gasteiger partial charge in [0, 0.05) is 18.1 Å². The third-order valence-electron chi connectivity index (χ3n) is 3.05. The number of carbonyl (C=O) groups is 1. The Kier molecular flexibility index (Phi) is 4.90. The summed E-state index contributed by atoms with van der Waals surface area (Å²) in [6.45, 7) is 0.149. The number of hydrogen-bond donors (Lipinski definition) is 1. The number of thioether (sulfide) groups is 1. The minimum absolute atomic E-state index is 0.149. The molecule has 0 radical (unpaired) electrons. The third kappa shape index (κ3) is 4.19. The molecule has 1 amide bonds. The molecule has 0 aliphatic carbocycles. The molecule has 1 aromatic carbocycles. The van der Waals surface area contributed by atoms with Gasteiger partial charge in [-0.25, -0.2) is 4.39 Å². The van der Waals surface area contributed by atoms with Crippen molar-refractivity contribution < 1.29 is 13.7 Å². The predicted octanol–water partition coefficient (Wildman–Crippen LogP) is 2.02. The molecule has 0 aliphatic rings. The predicted molar refractivity (Wildman–Crippen MR) is 85.5 cm³/mol. The highest BCUT2D eigenvalue weighted by Gasteiger charge is 2.11. The summed E-state index contributed by atoms with van der Waals surface area (Å²) in [5, 5.41) is 10.6. The van der Waals surface area contributed by atoms with Crippen LogP contribution in [-0.2, 0) is 18.4 Å². The van der Waals surface area contributed by atoms with E-state index >= 15 is 0 Å². The van der Waals surface area contributed by atoms with Gasteiger partial charge in [0.05, 0.1) is 24.1 Å². The van der Waals surface area contributed by atoms with Crippen LogP contribution in [0.5, 0.6) is 0 Å². The van der Waals surface area contributed by atoms with Gasteiger partial charge in [-0.1, -0.05) is 5.16 Å². The molecule has 9 heteroatoms. The van der Waals surface area contributed by atoms with Crippen LogP contribution >= 0.6 is 11.8 Å². The van der Waals surface area contributed by atoms with Crippen LogP contribution < -0.4 is 5.32 Å². The van der Waals surface area contributed by atoms with Gasteiger partial charge in [-0.2, -0.15) is 10.1 Å². The van der Waals surface area contributed by atoms with E-state index in [1.165, 1.54) is 23.9 Å². The van der Waals surface area contributed by atoms with Gasteiger partial charge in [-0.15, -0.1) is 11.8 Å². The fraction of sp³-hybridized carbons (Fsp3) is 0.200. The lowest BCUT2D eigenvalue weighted by Crippen LogP contribution is -2.24. The molecule has 0 atom stereocenters. The Morgan fingerprint density at radius 1 is 1.38 bits per heavy atom. The average Bonchev–Trinajstić information content (AvgIpc) is 3.21. The van der Waals surface area contributed by atoms with Crippen molar-refractivity contribution in [3.8, 4) is 11.4 Å². The number of hydrogen-bond acceptors (Lipinski definition) is 6. The minimum Gasteiger partial charge on any atom is -0.346 e. The summed E-state index contributed by atoms with van der Waals surface area (Å²) in [6.07, 6.45) is 3.40. The van der Waals surface area contributed by atoms with Crippen molar-refractivity contribution in [2.45, 2.75) is 11.4 Å². The van der Waals surface area contributed by atoms with Gasteiger partial charge >= 0.3 is 0 Å². The van der Waals surface area contributed by atoms with Crippen LogP contribution in [0.1, 0.15) is 5.89 Å². The second kappa shape index (κ2) is 7.26. The van der Waals surface area contributed by atoms with Crippen molar-refractivity contribution >= 4 is 17.7 Å². The van der Waals surface area contributed by atoms with Crippen LogP contribution in [0.4, 0.5) is 4.39 Å². The molecule has 0 saturated carbocycles. The van der Waals surface area contributed by atoms with E-state index in [-0.39, 0.29) is 24.0 Å². The van der Waals surface area contributed by atoms with Crippen LogP contribution in [-0.4, -0.2) is 31.6 Å². The zero-order chi connectivity index (χ0) is 16.9. The SMILES string of the molecule is Cn1cc(-c2noc(CNC(=O)CSc3ccc(F)cc3)n2)cn1. The number of aryl methyl sites for hydroxylation is 1. The summed E-state index contributed by atoms with van der Waals surface area (Å²) in [7, 11) is 1.80. The van der Waals surface area contributed by atoms with Crippen molar-refractivity contribution in [2.24, 2.45) is 7.05 Å². The summed E-state index contributed by atoms with van der Waals surface area (Å²) in [6, 6.07) is 5.98. The van der Waals surface area contributed by atoms with Gasteiger partial charge < -0.3 is 9.84 Å². The number of benzene rings is 1. The lowest BCUT2D eigenvalue weighted by atomic mass is 10.3. The maximum atomic E-state index is 12.8. The van der Waals surface area contributed by atoms with E-state index < -0.39 is 0 Å². The van der Waals surface area contributed by atoms with Gasteiger partial charge in [-0.05, 0) is 24.3 Å². The first-order chi connectivity index (χ1) is 11.6. The van der Waals surface area contributed by atoms with Crippen molar-refractivity contribution in [2.75, 3.05) is 5.75 Å². The van der Waals surface area contributed by atoms with E-state index in [9.17, 15) is 9.18 Å². The molecule has 0 aliphatic heterocycles. The van der Waals surface area contributed by atoms with E-state index in [0.29, 0.717) is 11.7 Å². The highest BCUT2D eigenvalue weighted by atomic mass is 32.2. The maximum Gasteiger partial charge on any atom is 0.246 e. The molecule has 124 valence electrons. The molecule has 0 fully saturated rings. The zero-order valence-corrected chi connectivity index (χ0v) is 13.6. The molecule has 3 rings (SSSR count). The number of rotatable bonds is 6. The first kappa shape index (κ1) is 16.2. The quantitative estimate of drug-likeness (QED) is 0.687. The second-order valence-corrected chi connectivity index (χ2v) is 5.98. The van der Waals surface area contributed by atoms with E-state index in [2.05, 4.69) is 20.6 Å². The first-order valence-electron chi connectivity index (χ1n) is 7.07. The summed E-state index contributed by atoms with van der Waals surface area (Å²) >= 11 is 1.32. The molecule has 0 saturated heterocycles. The fourth-order valence-electron chi connectivity index (χ4n) is 1.89. The van der Waals surface area contributed by atoms with Gasteiger partial charge in [0.1, 0.15) is 5.82 Å². The molecule has 24 heavy (non-hydrogen) atoms. The molecule has 0 bridgehead atoms. The molecular formula is C15H14FN5O2S. The lowest BCUT2D eigenvalue weighted by molar-refractivity contribution is -0.118. The lowest BCUT2D eigenvalue weighted by Gasteiger charge is -2.02. The van der Waals surface area contributed by atoms with Gasteiger partial charge in [0.25, 0.3) is 0 Å². The molecule has 1 N–H and O–H groups in total. The van der Waals surface area contributed by atoms with E-state index in [1.807, 2.05) is 0 Å². The Hall–Kier alpha value is -2.68. The smallest absolute Gasteiger partial charge is 0.246 e. The molecule has 0 spiro atoms. The number of halogens is 1. The Bertz CT molecular complexity index is 831. The highest BCUT2D eigenvalue weighted by molar-refractivity contribution is 8.00. The number of nitrogens with zero attached hydrogens (tertiary/aromatic N) is 4. The Morgan fingerprint density at radius 3 is 2.88 bits per heavy atom.